The van der Waals surface area contributed by atoms with Crippen molar-refractivity contribution in [2.75, 3.05) is 20.3 Å². The minimum absolute atomic E-state index is 0.000736. The van der Waals surface area contributed by atoms with Gasteiger partial charge < -0.3 is 14.1 Å². The number of amides is 1. The second-order valence-electron chi connectivity index (χ2n) is 12.4. The third kappa shape index (κ3) is 3.52. The number of fused-ring (bicyclic) bond motifs is 2. The maximum Gasteiger partial charge on any atom is 0.409 e. The Morgan fingerprint density at radius 1 is 1.29 bits per heavy atom. The summed E-state index contributed by atoms with van der Waals surface area (Å²) in [7, 11) is -0.444. The van der Waals surface area contributed by atoms with Crippen molar-refractivity contribution in [3.63, 3.8) is 0 Å². The molecule has 3 fully saturated rings. The molecule has 4 aliphatic rings. The van der Waals surface area contributed by atoms with Crippen LogP contribution in [-0.4, -0.2) is 51.4 Å². The lowest BCUT2D eigenvalue weighted by Crippen LogP contribution is -2.59. The number of nitrogens with zero attached hydrogens (tertiary/aromatic N) is 1. The summed E-state index contributed by atoms with van der Waals surface area (Å²) < 4.78 is 12.2. The molecular weight excluding hydrogens is 406 g/mol. The quantitative estimate of drug-likeness (QED) is 0.531. The number of ketones is 1. The Kier molecular flexibility index (Phi) is 5.53. The molecule has 6 heteroatoms. The van der Waals surface area contributed by atoms with Crippen LogP contribution >= 0.6 is 0 Å². The lowest BCUT2D eigenvalue weighted by atomic mass is 9.45. The summed E-state index contributed by atoms with van der Waals surface area (Å²) in [6.07, 6.45) is 7.52. The molecule has 1 heterocycles. The first-order valence-corrected chi connectivity index (χ1v) is 15.0. The number of hydrogen-bond donors (Lipinski definition) is 0. The van der Waals surface area contributed by atoms with Gasteiger partial charge in [-0.05, 0) is 67.1 Å². The molecule has 0 aromatic rings. The Morgan fingerprint density at radius 3 is 2.65 bits per heavy atom. The molecule has 0 spiro atoms. The van der Waals surface area contributed by atoms with E-state index in [-0.39, 0.29) is 33.8 Å². The van der Waals surface area contributed by atoms with Gasteiger partial charge >= 0.3 is 6.09 Å². The topological polar surface area (TPSA) is 55.8 Å². The largest absolute Gasteiger partial charge is 0.453 e. The van der Waals surface area contributed by atoms with Gasteiger partial charge in [-0.1, -0.05) is 39.7 Å². The molecular formula is C25H41NO4Si. The van der Waals surface area contributed by atoms with E-state index in [9.17, 15) is 9.59 Å². The number of allylic oxidation sites excluding steroid dienone is 1. The molecule has 1 amide bonds. The van der Waals surface area contributed by atoms with Crippen molar-refractivity contribution in [2.24, 2.45) is 22.7 Å². The van der Waals surface area contributed by atoms with Crippen molar-refractivity contribution in [2.45, 2.75) is 90.4 Å². The van der Waals surface area contributed by atoms with Gasteiger partial charge in [0.15, 0.2) is 14.1 Å². The number of carbonyl (C=O) groups excluding carboxylic acids is 2. The van der Waals surface area contributed by atoms with E-state index < -0.39 is 8.32 Å². The molecule has 0 N–H and O–H groups in total. The number of likely N-dealkylation sites (tertiary alicyclic amines) is 1. The molecule has 5 atom stereocenters. The zero-order chi connectivity index (χ0) is 22.8. The highest BCUT2D eigenvalue weighted by Crippen LogP contribution is 2.67. The Morgan fingerprint density at radius 2 is 2.00 bits per heavy atom. The number of carbonyl (C=O) groups is 2. The van der Waals surface area contributed by atoms with Crippen LogP contribution in [0.3, 0.4) is 0 Å². The Hall–Kier alpha value is -1.14. The van der Waals surface area contributed by atoms with E-state index in [1.54, 1.807) is 0 Å². The van der Waals surface area contributed by atoms with E-state index in [0.717, 1.165) is 45.3 Å². The van der Waals surface area contributed by atoms with Crippen LogP contribution in [-0.2, 0) is 14.0 Å². The van der Waals surface area contributed by atoms with Crippen LogP contribution in [0.25, 0.3) is 0 Å². The first-order chi connectivity index (χ1) is 14.3. The highest BCUT2D eigenvalue weighted by molar-refractivity contribution is 6.74. The van der Waals surface area contributed by atoms with Crippen molar-refractivity contribution in [3.05, 3.63) is 11.6 Å². The van der Waals surface area contributed by atoms with E-state index in [2.05, 4.69) is 40.8 Å². The zero-order valence-corrected chi connectivity index (χ0v) is 21.5. The van der Waals surface area contributed by atoms with Gasteiger partial charge in [0.05, 0.1) is 7.11 Å². The molecule has 2 saturated carbocycles. The molecule has 4 rings (SSSR count). The van der Waals surface area contributed by atoms with Crippen LogP contribution in [0.4, 0.5) is 4.79 Å². The van der Waals surface area contributed by atoms with Gasteiger partial charge in [-0.2, -0.15) is 0 Å². The van der Waals surface area contributed by atoms with Crippen molar-refractivity contribution in [3.8, 4) is 0 Å². The normalized spacial score (nSPS) is 37.8. The van der Waals surface area contributed by atoms with E-state index in [1.807, 2.05) is 11.0 Å². The fourth-order valence-electron chi connectivity index (χ4n) is 7.22. The Balaban J connectivity index is 1.79. The van der Waals surface area contributed by atoms with E-state index in [1.165, 1.54) is 12.7 Å². The lowest BCUT2D eigenvalue weighted by Gasteiger charge is -2.60. The number of hydrogen-bond acceptors (Lipinski definition) is 4. The molecule has 0 aromatic heterocycles. The summed E-state index contributed by atoms with van der Waals surface area (Å²) in [6, 6.07) is 0.106. The first-order valence-electron chi connectivity index (χ1n) is 12.1. The summed E-state index contributed by atoms with van der Waals surface area (Å²) in [6.45, 7) is 15.5. The van der Waals surface area contributed by atoms with Gasteiger partial charge in [0, 0.05) is 31.0 Å². The molecule has 1 saturated heterocycles. The monoisotopic (exact) mass is 447 g/mol. The van der Waals surface area contributed by atoms with Gasteiger partial charge in [-0.15, -0.1) is 0 Å². The zero-order valence-electron chi connectivity index (χ0n) is 20.5. The molecule has 174 valence electrons. The van der Waals surface area contributed by atoms with Crippen LogP contribution in [0.2, 0.25) is 18.1 Å². The number of rotatable bonds is 3. The van der Waals surface area contributed by atoms with Crippen LogP contribution in [0.1, 0.15) is 66.2 Å². The maximum atomic E-state index is 12.8. The standard InChI is InChI=1S/C25H41NO4Si/c1-23(2,3)31(6,7)30-16-25-12-8-11-24(4)15-26(22(28)29-5)20(21(24)25)14-17-13-18(27)9-10-19(17)25/h13,19-21H,8-12,14-16H2,1-7H3/t19-,20+,21-,24+,25-/m1/s1. The molecule has 31 heavy (non-hydrogen) atoms. The third-order valence-electron chi connectivity index (χ3n) is 9.61. The van der Waals surface area contributed by atoms with Crippen molar-refractivity contribution in [1.29, 1.82) is 0 Å². The molecule has 0 radical (unpaired) electrons. The Labute approximate surface area is 189 Å². The van der Waals surface area contributed by atoms with Crippen molar-refractivity contribution < 1.29 is 18.8 Å². The highest BCUT2D eigenvalue weighted by Gasteiger charge is 2.66. The smallest absolute Gasteiger partial charge is 0.409 e. The summed E-state index contributed by atoms with van der Waals surface area (Å²) >= 11 is 0. The number of methoxy groups -OCH3 is 1. The molecule has 1 aliphatic heterocycles. The highest BCUT2D eigenvalue weighted by atomic mass is 28.4. The summed E-state index contributed by atoms with van der Waals surface area (Å²) in [5, 5.41) is 0.157. The van der Waals surface area contributed by atoms with Crippen LogP contribution in [0, 0.1) is 22.7 Å². The molecule has 3 aliphatic carbocycles. The molecule has 0 aromatic carbocycles. The fraction of sp³-hybridized carbons (Fsp3) is 0.840. The molecule has 0 unspecified atom stereocenters. The van der Waals surface area contributed by atoms with Crippen LogP contribution < -0.4 is 0 Å². The SMILES string of the molecule is COC(=O)N1C[C@]2(C)CCC[C@@]3(CO[Si](C)(C)C(C)(C)C)[C@@H]4CCC(=O)C=C4C[C@H]1[C@H]23. The second-order valence-corrected chi connectivity index (χ2v) is 17.2. The fourth-order valence-corrected chi connectivity index (χ4v) is 8.28. The van der Waals surface area contributed by atoms with Crippen molar-refractivity contribution >= 4 is 20.2 Å². The van der Waals surface area contributed by atoms with E-state index in [0.29, 0.717) is 18.3 Å². The van der Waals surface area contributed by atoms with Crippen molar-refractivity contribution in [1.82, 2.24) is 4.90 Å². The second kappa shape index (κ2) is 7.44. The maximum absolute atomic E-state index is 12.8. The average Bonchev–Trinajstić information content (AvgIpc) is 2.99. The van der Waals surface area contributed by atoms with Gasteiger partial charge in [0.2, 0.25) is 0 Å². The van der Waals surface area contributed by atoms with Gasteiger partial charge in [0.1, 0.15) is 0 Å². The minimum atomic E-state index is -1.93. The van der Waals surface area contributed by atoms with Gasteiger partial charge in [-0.25, -0.2) is 4.79 Å². The van der Waals surface area contributed by atoms with Gasteiger partial charge in [-0.3, -0.25) is 4.79 Å². The predicted molar refractivity (Wildman–Crippen MR) is 124 cm³/mol. The van der Waals surface area contributed by atoms with Gasteiger partial charge in [0.25, 0.3) is 0 Å². The molecule has 0 bridgehead atoms. The van der Waals surface area contributed by atoms with Crippen LogP contribution in [0.5, 0.6) is 0 Å². The predicted octanol–water partition coefficient (Wildman–Crippen LogP) is 5.56. The van der Waals surface area contributed by atoms with E-state index in [4.69, 9.17) is 9.16 Å². The summed E-state index contributed by atoms with van der Waals surface area (Å²) in [4.78, 5) is 27.1. The molecule has 5 nitrogen and oxygen atoms in total. The van der Waals surface area contributed by atoms with Crippen LogP contribution in [0.15, 0.2) is 11.6 Å². The minimum Gasteiger partial charge on any atom is -0.453 e. The first kappa shape index (κ1) is 23.0. The lowest BCUT2D eigenvalue weighted by molar-refractivity contribution is -0.119. The van der Waals surface area contributed by atoms with E-state index >= 15 is 0 Å². The summed E-state index contributed by atoms with van der Waals surface area (Å²) in [5.74, 6) is 1.03. The third-order valence-corrected chi connectivity index (χ3v) is 14.1. The Bertz CT molecular complexity index is 800. The summed E-state index contributed by atoms with van der Waals surface area (Å²) in [5.41, 5.74) is 1.35. The average molecular weight is 448 g/mol. The number of ether oxygens (including phenoxy) is 1.